The maximum atomic E-state index is 13.8. The van der Waals surface area contributed by atoms with Gasteiger partial charge in [-0.1, -0.05) is 18.2 Å². The van der Waals surface area contributed by atoms with Crippen molar-refractivity contribution in [2.45, 2.75) is 18.5 Å². The number of nitrogens with one attached hydrogen (secondary N) is 1. The van der Waals surface area contributed by atoms with Gasteiger partial charge in [0.25, 0.3) is 0 Å². The van der Waals surface area contributed by atoms with Gasteiger partial charge in [0.05, 0.1) is 6.20 Å². The van der Waals surface area contributed by atoms with Gasteiger partial charge in [-0.3, -0.25) is 0 Å². The lowest BCUT2D eigenvalue weighted by atomic mass is 9.94. The van der Waals surface area contributed by atoms with Crippen molar-refractivity contribution < 1.29 is 9.50 Å². The smallest absolute Gasteiger partial charge is 0.179 e. The summed E-state index contributed by atoms with van der Waals surface area (Å²) >= 11 is 0. The highest BCUT2D eigenvalue weighted by atomic mass is 19.1. The maximum Gasteiger partial charge on any atom is 0.179 e. The van der Waals surface area contributed by atoms with Crippen molar-refractivity contribution in [3.63, 3.8) is 0 Å². The molecular formula is C12H14FN3O. The van der Waals surface area contributed by atoms with Gasteiger partial charge in [-0.2, -0.15) is 10.2 Å². The highest BCUT2D eigenvalue weighted by molar-refractivity contribution is 5.27. The predicted molar refractivity (Wildman–Crippen MR) is 61.5 cm³/mol. The molecule has 90 valence electrons. The zero-order valence-electron chi connectivity index (χ0n) is 9.31. The third kappa shape index (κ3) is 2.34. The van der Waals surface area contributed by atoms with Crippen molar-refractivity contribution >= 4 is 0 Å². The van der Waals surface area contributed by atoms with E-state index in [0.717, 1.165) is 0 Å². The molecule has 2 rings (SSSR count). The van der Waals surface area contributed by atoms with Crippen LogP contribution in [-0.4, -0.2) is 11.7 Å². The Morgan fingerprint density at radius 3 is 2.82 bits per heavy atom. The number of rotatable bonds is 4. The van der Waals surface area contributed by atoms with E-state index in [-0.39, 0.29) is 12.4 Å². The van der Waals surface area contributed by atoms with E-state index in [1.54, 1.807) is 24.4 Å². The fourth-order valence-corrected chi connectivity index (χ4v) is 1.89. The second-order valence-electron chi connectivity index (χ2n) is 3.84. The van der Waals surface area contributed by atoms with Crippen molar-refractivity contribution in [3.8, 4) is 0 Å². The van der Waals surface area contributed by atoms with E-state index in [1.807, 2.05) is 0 Å². The zero-order chi connectivity index (χ0) is 12.1. The van der Waals surface area contributed by atoms with Crippen molar-refractivity contribution in [2.24, 2.45) is 10.2 Å². The van der Waals surface area contributed by atoms with Crippen LogP contribution in [0.25, 0.3) is 0 Å². The molecule has 0 saturated heterocycles. The molecule has 4 nitrogen and oxygen atoms in total. The number of hydrogen-bond donors (Lipinski definition) is 2. The highest BCUT2D eigenvalue weighted by Crippen LogP contribution is 2.32. The summed E-state index contributed by atoms with van der Waals surface area (Å²) < 4.78 is 13.8. The van der Waals surface area contributed by atoms with Crippen LogP contribution in [0.1, 0.15) is 18.4 Å². The van der Waals surface area contributed by atoms with Crippen LogP contribution in [0.15, 0.2) is 46.9 Å². The summed E-state index contributed by atoms with van der Waals surface area (Å²) in [6.07, 6.45) is 4.15. The first kappa shape index (κ1) is 11.7. The zero-order valence-corrected chi connectivity index (χ0v) is 9.31. The van der Waals surface area contributed by atoms with Crippen molar-refractivity contribution in [1.82, 2.24) is 5.32 Å². The first-order chi connectivity index (χ1) is 8.28. The number of benzene rings is 1. The lowest BCUT2D eigenvalue weighted by molar-refractivity contribution is 0.242. The molecule has 2 N–H and O–H groups in total. The summed E-state index contributed by atoms with van der Waals surface area (Å²) in [6.45, 7) is 0.0388. The lowest BCUT2D eigenvalue weighted by Crippen LogP contribution is -2.39. The van der Waals surface area contributed by atoms with Crippen molar-refractivity contribution in [3.05, 3.63) is 48.0 Å². The van der Waals surface area contributed by atoms with Crippen LogP contribution >= 0.6 is 0 Å². The summed E-state index contributed by atoms with van der Waals surface area (Å²) in [5.41, 5.74) is -0.454. The standard InChI is InChI=1S/C12H14FN3O/c13-11-5-2-1-4-10(11)12(6-3-9-17)14-7-8-15-16-12/h1-2,4-5,7-8,14,17H,3,6,9H2. The van der Waals surface area contributed by atoms with Gasteiger partial charge in [0.1, 0.15) is 5.82 Å². The predicted octanol–water partition coefficient (Wildman–Crippen LogP) is 2.28. The molecule has 0 radical (unpaired) electrons. The van der Waals surface area contributed by atoms with Gasteiger partial charge in [-0.25, -0.2) is 4.39 Å². The fraction of sp³-hybridized carbons (Fsp3) is 0.333. The molecule has 0 amide bonds. The Bertz CT molecular complexity index is 447. The SMILES string of the molecule is OCCCC1(c2ccccc2F)N=NC=CN1. The van der Waals surface area contributed by atoms with Gasteiger partial charge in [-0.15, -0.1) is 0 Å². The summed E-state index contributed by atoms with van der Waals surface area (Å²) in [5.74, 6) is -0.327. The molecule has 5 heteroatoms. The van der Waals surface area contributed by atoms with Crippen molar-refractivity contribution in [2.75, 3.05) is 6.61 Å². The fourth-order valence-electron chi connectivity index (χ4n) is 1.89. The van der Waals surface area contributed by atoms with Crippen LogP contribution in [0.2, 0.25) is 0 Å². The van der Waals surface area contributed by atoms with E-state index < -0.39 is 5.66 Å². The van der Waals surface area contributed by atoms with Crippen LogP contribution in [-0.2, 0) is 5.66 Å². The first-order valence-corrected chi connectivity index (χ1v) is 5.49. The van der Waals surface area contributed by atoms with E-state index in [9.17, 15) is 4.39 Å². The van der Waals surface area contributed by atoms with Gasteiger partial charge in [0.15, 0.2) is 5.66 Å². The number of aliphatic hydroxyl groups excluding tert-OH is 1. The summed E-state index contributed by atoms with van der Waals surface area (Å²) in [7, 11) is 0. The molecule has 0 aliphatic carbocycles. The molecular weight excluding hydrogens is 221 g/mol. The lowest BCUT2D eigenvalue weighted by Gasteiger charge is -2.31. The number of hydrogen-bond acceptors (Lipinski definition) is 4. The Kier molecular flexibility index (Phi) is 3.49. The second kappa shape index (κ2) is 5.05. The number of aliphatic hydroxyl groups is 1. The Labute approximate surface area is 98.9 Å². The average Bonchev–Trinajstić information content (AvgIpc) is 2.38. The van der Waals surface area contributed by atoms with Gasteiger partial charge in [-0.05, 0) is 18.9 Å². The summed E-state index contributed by atoms with van der Waals surface area (Å²) in [5, 5.41) is 19.9. The summed E-state index contributed by atoms with van der Waals surface area (Å²) in [6, 6.07) is 6.46. The van der Waals surface area contributed by atoms with E-state index >= 15 is 0 Å². The summed E-state index contributed by atoms with van der Waals surface area (Å²) in [4.78, 5) is 0. The molecule has 1 aromatic carbocycles. The Morgan fingerprint density at radius 2 is 2.18 bits per heavy atom. The Hall–Kier alpha value is -1.75. The number of halogens is 1. The molecule has 1 atom stereocenters. The molecule has 1 aromatic rings. The van der Waals surface area contributed by atoms with Crippen LogP contribution < -0.4 is 5.32 Å². The van der Waals surface area contributed by atoms with Crippen LogP contribution in [0.5, 0.6) is 0 Å². The molecule has 1 heterocycles. The molecule has 1 unspecified atom stereocenters. The van der Waals surface area contributed by atoms with E-state index in [4.69, 9.17) is 5.11 Å². The van der Waals surface area contributed by atoms with Crippen molar-refractivity contribution in [1.29, 1.82) is 0 Å². The maximum absolute atomic E-state index is 13.8. The molecule has 0 fully saturated rings. The monoisotopic (exact) mass is 235 g/mol. The number of nitrogens with zero attached hydrogens (tertiary/aromatic N) is 2. The van der Waals surface area contributed by atoms with E-state index in [2.05, 4.69) is 15.5 Å². The minimum absolute atomic E-state index is 0.0388. The largest absolute Gasteiger partial charge is 0.396 e. The van der Waals surface area contributed by atoms with Gasteiger partial charge >= 0.3 is 0 Å². The minimum atomic E-state index is -0.900. The first-order valence-electron chi connectivity index (χ1n) is 5.49. The molecule has 1 aliphatic rings. The highest BCUT2D eigenvalue weighted by Gasteiger charge is 2.34. The normalized spacial score (nSPS) is 22.5. The topological polar surface area (TPSA) is 57.0 Å². The third-order valence-electron chi connectivity index (χ3n) is 2.71. The van der Waals surface area contributed by atoms with Gasteiger partial charge in [0.2, 0.25) is 0 Å². The third-order valence-corrected chi connectivity index (χ3v) is 2.71. The Morgan fingerprint density at radius 1 is 1.35 bits per heavy atom. The second-order valence-corrected chi connectivity index (χ2v) is 3.84. The van der Waals surface area contributed by atoms with Gasteiger partial charge < -0.3 is 10.4 Å². The molecule has 17 heavy (non-hydrogen) atoms. The van der Waals surface area contributed by atoms with E-state index in [1.165, 1.54) is 12.3 Å². The molecule has 0 spiro atoms. The van der Waals surface area contributed by atoms with Crippen LogP contribution in [0, 0.1) is 5.82 Å². The van der Waals surface area contributed by atoms with Gasteiger partial charge in [0, 0.05) is 18.4 Å². The van der Waals surface area contributed by atoms with E-state index in [0.29, 0.717) is 18.4 Å². The number of azo groups is 1. The Balaban J connectivity index is 2.37. The van der Waals surface area contributed by atoms with Crippen LogP contribution in [0.4, 0.5) is 4.39 Å². The molecule has 0 aromatic heterocycles. The molecule has 0 saturated carbocycles. The molecule has 1 aliphatic heterocycles. The van der Waals surface area contributed by atoms with Crippen LogP contribution in [0.3, 0.4) is 0 Å². The average molecular weight is 235 g/mol. The minimum Gasteiger partial charge on any atom is -0.396 e. The molecule has 0 bridgehead atoms. The quantitative estimate of drug-likeness (QED) is 0.841.